The third-order valence-corrected chi connectivity index (χ3v) is 3.23. The maximum atomic E-state index is 12.1. The van der Waals surface area contributed by atoms with Crippen molar-refractivity contribution in [3.05, 3.63) is 64.5 Å². The fraction of sp³-hybridized carbons (Fsp3) is 0. The molecule has 0 saturated carbocycles. The molecule has 0 bridgehead atoms. The van der Waals surface area contributed by atoms with E-state index in [1.165, 1.54) is 0 Å². The predicted octanol–water partition coefficient (Wildman–Crippen LogP) is 3.89. The number of carbonyl (C=O) groups is 1. The lowest BCUT2D eigenvalue weighted by atomic mass is 10.3. The van der Waals surface area contributed by atoms with E-state index < -0.39 is 0 Å². The highest BCUT2D eigenvalue weighted by Crippen LogP contribution is 2.15. The molecule has 2 heterocycles. The largest absolute Gasteiger partial charge is 0.321 e. The van der Waals surface area contributed by atoms with Crippen LogP contribution in [-0.2, 0) is 0 Å². The van der Waals surface area contributed by atoms with E-state index in [-0.39, 0.29) is 5.91 Å². The number of nitrogens with one attached hydrogen (secondary N) is 1. The Labute approximate surface area is 125 Å². The molecule has 3 rings (SSSR count). The summed E-state index contributed by atoms with van der Waals surface area (Å²) in [6, 6.07) is 10.4. The summed E-state index contributed by atoms with van der Waals surface area (Å²) in [6.45, 7) is 0. The van der Waals surface area contributed by atoms with E-state index in [0.29, 0.717) is 27.1 Å². The highest BCUT2D eigenvalue weighted by atomic mass is 35.5. The molecule has 0 spiro atoms. The molecule has 0 aliphatic heterocycles. The van der Waals surface area contributed by atoms with Crippen LogP contribution in [0.3, 0.4) is 0 Å². The number of hydrogen-bond donors (Lipinski definition) is 1. The molecular weight excluding hydrogens is 297 g/mol. The summed E-state index contributed by atoms with van der Waals surface area (Å²) < 4.78 is 1.71. The van der Waals surface area contributed by atoms with Gasteiger partial charge in [0.1, 0.15) is 11.3 Å². The zero-order chi connectivity index (χ0) is 14.1. The number of anilines is 1. The molecule has 6 heteroatoms. The Morgan fingerprint density at radius 1 is 1.00 bits per heavy atom. The number of carbonyl (C=O) groups excluding carboxylic acids is 1. The van der Waals surface area contributed by atoms with Gasteiger partial charge in [-0.25, -0.2) is 4.98 Å². The lowest BCUT2D eigenvalue weighted by Gasteiger charge is -2.02. The molecule has 3 aromatic rings. The van der Waals surface area contributed by atoms with Gasteiger partial charge < -0.3 is 9.72 Å². The van der Waals surface area contributed by atoms with Crippen molar-refractivity contribution in [1.29, 1.82) is 0 Å². The second-order valence-corrected chi connectivity index (χ2v) is 5.07. The summed E-state index contributed by atoms with van der Waals surface area (Å²) in [5, 5.41) is 3.95. The second kappa shape index (κ2) is 5.15. The number of benzene rings is 1. The van der Waals surface area contributed by atoms with Crippen molar-refractivity contribution in [2.45, 2.75) is 0 Å². The summed E-state index contributed by atoms with van der Waals surface area (Å²) in [5.41, 5.74) is 1.65. The quantitative estimate of drug-likeness (QED) is 0.780. The molecule has 1 amide bonds. The van der Waals surface area contributed by atoms with Crippen LogP contribution in [0.4, 0.5) is 5.69 Å². The molecular formula is C14H9Cl2N3O. The van der Waals surface area contributed by atoms with Gasteiger partial charge in [-0.2, -0.15) is 0 Å². The van der Waals surface area contributed by atoms with Crippen LogP contribution in [0, 0.1) is 0 Å². The van der Waals surface area contributed by atoms with Crippen LogP contribution in [0.5, 0.6) is 0 Å². The number of pyridine rings is 1. The summed E-state index contributed by atoms with van der Waals surface area (Å²) in [4.78, 5) is 16.3. The first-order valence-electron chi connectivity index (χ1n) is 5.83. The fourth-order valence-electron chi connectivity index (χ4n) is 1.80. The molecule has 0 atom stereocenters. The third-order valence-electron chi connectivity index (χ3n) is 2.75. The maximum absolute atomic E-state index is 12.1. The Morgan fingerprint density at radius 2 is 1.70 bits per heavy atom. The molecule has 4 nitrogen and oxygen atoms in total. The van der Waals surface area contributed by atoms with Gasteiger partial charge >= 0.3 is 0 Å². The van der Waals surface area contributed by atoms with Crippen molar-refractivity contribution < 1.29 is 4.79 Å². The van der Waals surface area contributed by atoms with E-state index in [0.717, 1.165) is 0 Å². The molecule has 0 unspecified atom stereocenters. The number of aromatic nitrogens is 2. The van der Waals surface area contributed by atoms with Crippen LogP contribution in [0.1, 0.15) is 10.5 Å². The summed E-state index contributed by atoms with van der Waals surface area (Å²) >= 11 is 11.7. The van der Waals surface area contributed by atoms with E-state index in [9.17, 15) is 4.79 Å². The minimum Gasteiger partial charge on any atom is -0.321 e. The molecule has 0 aliphatic carbocycles. The van der Waals surface area contributed by atoms with E-state index in [1.54, 1.807) is 53.2 Å². The lowest BCUT2D eigenvalue weighted by Crippen LogP contribution is -2.12. The van der Waals surface area contributed by atoms with Gasteiger partial charge in [-0.3, -0.25) is 4.79 Å². The third kappa shape index (κ3) is 2.61. The average Bonchev–Trinajstić information content (AvgIpc) is 2.84. The van der Waals surface area contributed by atoms with Crippen LogP contribution >= 0.6 is 23.2 Å². The van der Waals surface area contributed by atoms with E-state index >= 15 is 0 Å². The van der Waals surface area contributed by atoms with Gasteiger partial charge in [0.05, 0.1) is 5.02 Å². The van der Waals surface area contributed by atoms with Crippen LogP contribution in [0.2, 0.25) is 10.0 Å². The number of nitrogens with zero attached hydrogens (tertiary/aromatic N) is 2. The van der Waals surface area contributed by atoms with Crippen LogP contribution in [0.25, 0.3) is 5.65 Å². The molecule has 100 valence electrons. The van der Waals surface area contributed by atoms with Crippen LogP contribution in [0.15, 0.2) is 48.8 Å². The van der Waals surface area contributed by atoms with E-state index in [2.05, 4.69) is 10.3 Å². The zero-order valence-corrected chi connectivity index (χ0v) is 11.7. The van der Waals surface area contributed by atoms with Crippen LogP contribution < -0.4 is 5.32 Å². The first kappa shape index (κ1) is 13.0. The molecule has 0 saturated heterocycles. The SMILES string of the molecule is O=C(Nc1ccc(Cl)cc1)c1cn2cc(Cl)ccc2n1. The Hall–Kier alpha value is -2.04. The Kier molecular flexibility index (Phi) is 3.34. The van der Waals surface area contributed by atoms with Gasteiger partial charge in [0, 0.05) is 23.1 Å². The van der Waals surface area contributed by atoms with Gasteiger partial charge in [0.25, 0.3) is 5.91 Å². The van der Waals surface area contributed by atoms with Gasteiger partial charge in [-0.15, -0.1) is 0 Å². The van der Waals surface area contributed by atoms with Crippen molar-refractivity contribution in [2.75, 3.05) is 5.32 Å². The summed E-state index contributed by atoms with van der Waals surface area (Å²) in [7, 11) is 0. The van der Waals surface area contributed by atoms with Crippen molar-refractivity contribution in [2.24, 2.45) is 0 Å². The standard InChI is InChI=1S/C14H9Cl2N3O/c15-9-1-4-11(5-2-9)17-14(20)12-8-19-7-10(16)3-6-13(19)18-12/h1-8H,(H,17,20). The number of fused-ring (bicyclic) bond motifs is 1. The lowest BCUT2D eigenvalue weighted by molar-refractivity contribution is 0.102. The Bertz CT molecular complexity index is 781. The zero-order valence-electron chi connectivity index (χ0n) is 10.2. The minimum atomic E-state index is -0.285. The highest BCUT2D eigenvalue weighted by molar-refractivity contribution is 6.30. The number of rotatable bonds is 2. The molecule has 20 heavy (non-hydrogen) atoms. The number of imidazole rings is 1. The molecule has 0 fully saturated rings. The smallest absolute Gasteiger partial charge is 0.275 e. The van der Waals surface area contributed by atoms with Crippen LogP contribution in [-0.4, -0.2) is 15.3 Å². The van der Waals surface area contributed by atoms with Gasteiger partial charge in [-0.05, 0) is 36.4 Å². The molecule has 0 radical (unpaired) electrons. The normalized spacial score (nSPS) is 10.7. The Morgan fingerprint density at radius 3 is 2.45 bits per heavy atom. The van der Waals surface area contributed by atoms with Gasteiger partial charge in [0.2, 0.25) is 0 Å². The first-order valence-corrected chi connectivity index (χ1v) is 6.58. The number of halogens is 2. The average molecular weight is 306 g/mol. The minimum absolute atomic E-state index is 0.285. The van der Waals surface area contributed by atoms with Gasteiger partial charge in [-0.1, -0.05) is 23.2 Å². The summed E-state index contributed by atoms with van der Waals surface area (Å²) in [6.07, 6.45) is 3.33. The highest BCUT2D eigenvalue weighted by Gasteiger charge is 2.11. The Balaban J connectivity index is 1.86. The second-order valence-electron chi connectivity index (χ2n) is 4.20. The van der Waals surface area contributed by atoms with E-state index in [4.69, 9.17) is 23.2 Å². The summed E-state index contributed by atoms with van der Waals surface area (Å²) in [5.74, 6) is -0.285. The van der Waals surface area contributed by atoms with E-state index in [1.807, 2.05) is 0 Å². The number of hydrogen-bond acceptors (Lipinski definition) is 2. The van der Waals surface area contributed by atoms with Gasteiger partial charge in [0.15, 0.2) is 0 Å². The molecule has 2 aromatic heterocycles. The fourth-order valence-corrected chi connectivity index (χ4v) is 2.10. The topological polar surface area (TPSA) is 46.4 Å². The predicted molar refractivity (Wildman–Crippen MR) is 79.6 cm³/mol. The van der Waals surface area contributed by atoms with Crippen molar-refractivity contribution in [3.8, 4) is 0 Å². The first-order chi connectivity index (χ1) is 9.61. The maximum Gasteiger partial charge on any atom is 0.275 e. The number of amides is 1. The van der Waals surface area contributed by atoms with Crippen molar-refractivity contribution in [3.63, 3.8) is 0 Å². The van der Waals surface area contributed by atoms with Crippen molar-refractivity contribution in [1.82, 2.24) is 9.38 Å². The monoisotopic (exact) mass is 305 g/mol. The van der Waals surface area contributed by atoms with Crippen molar-refractivity contribution >= 4 is 40.4 Å². The molecule has 1 aromatic carbocycles. The molecule has 1 N–H and O–H groups in total. The molecule has 0 aliphatic rings.